The van der Waals surface area contributed by atoms with Gasteiger partial charge in [-0.15, -0.1) is 0 Å². The molecule has 0 amide bonds. The van der Waals surface area contributed by atoms with Crippen molar-refractivity contribution in [2.45, 2.75) is 39.5 Å². The molecule has 16 heavy (non-hydrogen) atoms. The summed E-state index contributed by atoms with van der Waals surface area (Å²) in [6, 6.07) is 0. The van der Waals surface area contributed by atoms with E-state index >= 15 is 0 Å². The van der Waals surface area contributed by atoms with Crippen molar-refractivity contribution < 1.29 is 0 Å². The Labute approximate surface area is 100 Å². The molecule has 0 nitrogen and oxygen atoms in total. The van der Waals surface area contributed by atoms with Gasteiger partial charge < -0.3 is 0 Å². The van der Waals surface area contributed by atoms with Gasteiger partial charge in [-0.2, -0.15) is 0 Å². The van der Waals surface area contributed by atoms with Gasteiger partial charge in [-0.3, -0.25) is 0 Å². The summed E-state index contributed by atoms with van der Waals surface area (Å²) in [4.78, 5) is 0. The van der Waals surface area contributed by atoms with Crippen molar-refractivity contribution >= 4 is 0 Å². The van der Waals surface area contributed by atoms with E-state index in [-0.39, 0.29) is 0 Å². The molecule has 2 rings (SSSR count). The minimum absolute atomic E-state index is 0.736. The molecule has 2 aliphatic carbocycles. The van der Waals surface area contributed by atoms with Crippen LogP contribution in [0.4, 0.5) is 0 Å². The summed E-state index contributed by atoms with van der Waals surface area (Å²) >= 11 is 0. The largest absolute Gasteiger partial charge is 0.0882 e. The molecule has 0 fully saturated rings. The van der Waals surface area contributed by atoms with E-state index in [2.05, 4.69) is 50.3 Å². The van der Waals surface area contributed by atoms with Gasteiger partial charge in [0.1, 0.15) is 0 Å². The van der Waals surface area contributed by atoms with Gasteiger partial charge in [-0.05, 0) is 49.4 Å². The van der Waals surface area contributed by atoms with E-state index in [1.54, 1.807) is 0 Å². The van der Waals surface area contributed by atoms with Crippen molar-refractivity contribution in [2.24, 2.45) is 23.7 Å². The Balaban J connectivity index is 1.93. The van der Waals surface area contributed by atoms with Gasteiger partial charge in [-0.25, -0.2) is 0 Å². The lowest BCUT2D eigenvalue weighted by molar-refractivity contribution is 0.434. The lowest BCUT2D eigenvalue weighted by Gasteiger charge is -2.24. The second-order valence-electron chi connectivity index (χ2n) is 5.44. The zero-order valence-electron chi connectivity index (χ0n) is 10.6. The first-order chi connectivity index (χ1) is 7.77. The highest BCUT2D eigenvalue weighted by atomic mass is 14.2. The lowest BCUT2D eigenvalue weighted by Crippen LogP contribution is -2.13. The smallest absolute Gasteiger partial charge is 0.0170 e. The molecular weight excluding hydrogens is 192 g/mol. The van der Waals surface area contributed by atoms with Crippen LogP contribution in [-0.4, -0.2) is 0 Å². The van der Waals surface area contributed by atoms with Crippen LogP contribution in [0, 0.1) is 23.7 Å². The van der Waals surface area contributed by atoms with Crippen LogP contribution in [0.1, 0.15) is 39.5 Å². The molecule has 0 saturated heterocycles. The van der Waals surface area contributed by atoms with Gasteiger partial charge in [0.05, 0.1) is 0 Å². The third kappa shape index (κ3) is 2.87. The molecule has 0 spiro atoms. The molecule has 0 radical (unpaired) electrons. The molecule has 0 aromatic rings. The highest BCUT2D eigenvalue weighted by Gasteiger charge is 2.17. The average Bonchev–Trinajstić information content (AvgIpc) is 2.30. The van der Waals surface area contributed by atoms with Crippen LogP contribution in [0.25, 0.3) is 0 Å². The normalized spacial score (nSPS) is 39.4. The molecule has 0 aromatic heterocycles. The molecule has 0 aliphatic heterocycles. The molecule has 4 unspecified atom stereocenters. The lowest BCUT2D eigenvalue weighted by atomic mass is 9.81. The monoisotopic (exact) mass is 216 g/mol. The summed E-state index contributed by atoms with van der Waals surface area (Å²) in [7, 11) is 0. The molecular formula is C16H24. The minimum atomic E-state index is 0.736. The Morgan fingerprint density at radius 3 is 1.62 bits per heavy atom. The van der Waals surface area contributed by atoms with Crippen LogP contribution < -0.4 is 0 Å². The summed E-state index contributed by atoms with van der Waals surface area (Å²) in [6.07, 6.45) is 19.6. The molecule has 2 aliphatic rings. The Kier molecular flexibility index (Phi) is 4.04. The Bertz CT molecular complexity index is 265. The maximum Gasteiger partial charge on any atom is -0.0170 e. The van der Waals surface area contributed by atoms with E-state index in [4.69, 9.17) is 0 Å². The van der Waals surface area contributed by atoms with E-state index in [0.717, 1.165) is 23.7 Å². The maximum atomic E-state index is 2.49. The first-order valence-corrected chi connectivity index (χ1v) is 6.79. The van der Waals surface area contributed by atoms with Crippen LogP contribution in [0.3, 0.4) is 0 Å². The predicted octanol–water partition coefficient (Wildman–Crippen LogP) is 4.75. The van der Waals surface area contributed by atoms with Crippen molar-refractivity contribution in [1.82, 2.24) is 0 Å². The highest BCUT2D eigenvalue weighted by molar-refractivity contribution is 5.07. The number of hydrogen-bond donors (Lipinski definition) is 0. The summed E-state index contributed by atoms with van der Waals surface area (Å²) in [5.41, 5.74) is 0. The third-order valence-electron chi connectivity index (χ3n) is 4.17. The number of rotatable bonds is 2. The van der Waals surface area contributed by atoms with Gasteiger partial charge in [-0.1, -0.05) is 50.3 Å². The second-order valence-corrected chi connectivity index (χ2v) is 5.44. The highest BCUT2D eigenvalue weighted by Crippen LogP contribution is 2.29. The Morgan fingerprint density at radius 2 is 1.25 bits per heavy atom. The Morgan fingerprint density at radius 1 is 0.812 bits per heavy atom. The van der Waals surface area contributed by atoms with E-state index < -0.39 is 0 Å². The van der Waals surface area contributed by atoms with Crippen molar-refractivity contribution in [3.63, 3.8) is 0 Å². The number of hydrogen-bond acceptors (Lipinski definition) is 0. The SMILES string of the molecule is CC1C=CCCC1/C=C/C1CCC=CC1C. The van der Waals surface area contributed by atoms with Crippen LogP contribution in [-0.2, 0) is 0 Å². The third-order valence-corrected chi connectivity index (χ3v) is 4.17. The summed E-state index contributed by atoms with van der Waals surface area (Å²) in [5.74, 6) is 3.03. The molecule has 0 N–H and O–H groups in total. The second kappa shape index (κ2) is 5.52. The molecule has 0 heterocycles. The average molecular weight is 216 g/mol. The van der Waals surface area contributed by atoms with E-state index in [1.807, 2.05) is 0 Å². The van der Waals surface area contributed by atoms with Crippen LogP contribution in [0.2, 0.25) is 0 Å². The summed E-state index contributed by atoms with van der Waals surface area (Å²) in [6.45, 7) is 4.68. The maximum absolute atomic E-state index is 2.49. The predicted molar refractivity (Wildman–Crippen MR) is 71.2 cm³/mol. The molecule has 0 bridgehead atoms. The molecule has 4 atom stereocenters. The fourth-order valence-electron chi connectivity index (χ4n) is 2.84. The molecule has 0 aromatic carbocycles. The Hall–Kier alpha value is -0.780. The molecule has 88 valence electrons. The summed E-state index contributed by atoms with van der Waals surface area (Å²) < 4.78 is 0. The van der Waals surface area contributed by atoms with Crippen molar-refractivity contribution in [3.05, 3.63) is 36.5 Å². The van der Waals surface area contributed by atoms with Gasteiger partial charge in [0.15, 0.2) is 0 Å². The van der Waals surface area contributed by atoms with Gasteiger partial charge in [0.2, 0.25) is 0 Å². The summed E-state index contributed by atoms with van der Waals surface area (Å²) in [5, 5.41) is 0. The van der Waals surface area contributed by atoms with Crippen molar-refractivity contribution in [1.29, 1.82) is 0 Å². The fraction of sp³-hybridized carbons (Fsp3) is 0.625. The molecule has 0 heteroatoms. The first-order valence-electron chi connectivity index (χ1n) is 6.79. The standard InChI is InChI=1S/C16H24/c1-13-7-3-5-9-15(13)11-12-16-10-6-4-8-14(16)2/h3-4,7-8,11-16H,5-6,9-10H2,1-2H3/b12-11+. The zero-order chi connectivity index (χ0) is 11.4. The van der Waals surface area contributed by atoms with E-state index in [1.165, 1.54) is 25.7 Å². The van der Waals surface area contributed by atoms with Gasteiger partial charge >= 0.3 is 0 Å². The van der Waals surface area contributed by atoms with E-state index in [0.29, 0.717) is 0 Å². The molecule has 0 saturated carbocycles. The topological polar surface area (TPSA) is 0 Å². The van der Waals surface area contributed by atoms with Crippen LogP contribution in [0.15, 0.2) is 36.5 Å². The van der Waals surface area contributed by atoms with Crippen LogP contribution in [0.5, 0.6) is 0 Å². The van der Waals surface area contributed by atoms with Crippen molar-refractivity contribution in [3.8, 4) is 0 Å². The van der Waals surface area contributed by atoms with Gasteiger partial charge in [0, 0.05) is 0 Å². The van der Waals surface area contributed by atoms with Gasteiger partial charge in [0.25, 0.3) is 0 Å². The van der Waals surface area contributed by atoms with Crippen LogP contribution >= 0.6 is 0 Å². The number of allylic oxidation sites excluding steroid dienone is 6. The van der Waals surface area contributed by atoms with E-state index in [9.17, 15) is 0 Å². The minimum Gasteiger partial charge on any atom is -0.0882 e. The quantitative estimate of drug-likeness (QED) is 0.584. The first kappa shape index (κ1) is 11.7. The fourth-order valence-corrected chi connectivity index (χ4v) is 2.84. The zero-order valence-corrected chi connectivity index (χ0v) is 10.6. The van der Waals surface area contributed by atoms with Crippen molar-refractivity contribution in [2.75, 3.05) is 0 Å².